The van der Waals surface area contributed by atoms with Crippen LogP contribution in [-0.4, -0.2) is 27.9 Å². The number of aliphatic imine (C=N–C) groups is 1. The van der Waals surface area contributed by atoms with Gasteiger partial charge in [-0.05, 0) is 43.7 Å². The third kappa shape index (κ3) is 4.59. The average molecular weight is 442 g/mol. The monoisotopic (exact) mass is 441 g/mol. The number of thioether (sulfide) groups is 1. The van der Waals surface area contributed by atoms with E-state index >= 15 is 0 Å². The van der Waals surface area contributed by atoms with Gasteiger partial charge in [0, 0.05) is 25.2 Å². The summed E-state index contributed by atoms with van der Waals surface area (Å²) in [5.74, 6) is -1.39. The summed E-state index contributed by atoms with van der Waals surface area (Å²) in [6.45, 7) is 10.4. The van der Waals surface area contributed by atoms with Gasteiger partial charge in [0.25, 0.3) is 0 Å². The van der Waals surface area contributed by atoms with Crippen molar-refractivity contribution in [1.29, 1.82) is 0 Å². The van der Waals surface area contributed by atoms with Crippen LogP contribution in [0.2, 0.25) is 0 Å². The second kappa shape index (κ2) is 8.47. The molecule has 1 amide bonds. The number of aromatic nitrogens is 1. The molecule has 0 aliphatic carbocycles. The first kappa shape index (κ1) is 22.4. The molecule has 31 heavy (non-hydrogen) atoms. The van der Waals surface area contributed by atoms with Gasteiger partial charge >= 0.3 is 0 Å². The number of pyridine rings is 1. The Morgan fingerprint density at radius 1 is 1.35 bits per heavy atom. The lowest BCUT2D eigenvalue weighted by atomic mass is 9.82. The molecule has 0 bridgehead atoms. The lowest BCUT2D eigenvalue weighted by Crippen LogP contribution is -2.49. The van der Waals surface area contributed by atoms with E-state index in [1.54, 1.807) is 13.8 Å². The molecule has 2 atom stereocenters. The first-order valence-electron chi connectivity index (χ1n) is 9.38. The standard InChI is InChI=1S/C22H21F2N5OS/c1-21(12-22(2,19(30)27-4)31-20(25)29-21)15-9-13(5-7-16(15)23)10-17(24)18-8-6-14(26-3)11-28-18/h5-11H,12H2,1-2,4H3,(H2,25,29)(H,27,30)/b17-10-/t21-,22-/m0/s1. The Balaban J connectivity index is 2.01. The van der Waals surface area contributed by atoms with Crippen molar-refractivity contribution in [3.63, 3.8) is 0 Å². The van der Waals surface area contributed by atoms with Crippen molar-refractivity contribution in [2.75, 3.05) is 7.05 Å². The molecule has 3 rings (SSSR count). The summed E-state index contributed by atoms with van der Waals surface area (Å²) in [7, 11) is 1.53. The van der Waals surface area contributed by atoms with Gasteiger partial charge in [0.05, 0.1) is 17.8 Å². The molecule has 9 heteroatoms. The summed E-state index contributed by atoms with van der Waals surface area (Å²) in [6.07, 6.45) is 2.72. The highest BCUT2D eigenvalue weighted by Crippen LogP contribution is 2.46. The van der Waals surface area contributed by atoms with E-state index in [1.807, 2.05) is 0 Å². The van der Waals surface area contributed by atoms with Gasteiger partial charge in [0.15, 0.2) is 5.17 Å². The van der Waals surface area contributed by atoms with Crippen LogP contribution in [0.1, 0.15) is 37.1 Å². The molecular formula is C22H21F2N5OS. The minimum atomic E-state index is -1.11. The van der Waals surface area contributed by atoms with E-state index in [2.05, 4.69) is 20.1 Å². The summed E-state index contributed by atoms with van der Waals surface area (Å²) >= 11 is 1.13. The summed E-state index contributed by atoms with van der Waals surface area (Å²) in [4.78, 5) is 24.0. The Kier molecular flexibility index (Phi) is 6.13. The Hall–Kier alpha value is -3.25. The normalized spacial score (nSPS) is 23.6. The number of nitrogens with one attached hydrogen (secondary N) is 1. The second-order valence-corrected chi connectivity index (χ2v) is 9.08. The zero-order valence-corrected chi connectivity index (χ0v) is 18.1. The van der Waals surface area contributed by atoms with Crippen LogP contribution in [0.4, 0.5) is 14.5 Å². The topological polar surface area (TPSA) is 84.7 Å². The number of hydrogen-bond donors (Lipinski definition) is 2. The maximum atomic E-state index is 14.8. The third-order valence-electron chi connectivity index (χ3n) is 5.06. The van der Waals surface area contributed by atoms with Crippen LogP contribution in [0.3, 0.4) is 0 Å². The molecule has 160 valence electrons. The van der Waals surface area contributed by atoms with Crippen molar-refractivity contribution >= 4 is 40.4 Å². The molecule has 0 radical (unpaired) electrons. The molecule has 1 aromatic heterocycles. The highest BCUT2D eigenvalue weighted by atomic mass is 32.2. The van der Waals surface area contributed by atoms with Crippen molar-refractivity contribution in [2.45, 2.75) is 30.6 Å². The van der Waals surface area contributed by atoms with E-state index in [9.17, 15) is 13.6 Å². The van der Waals surface area contributed by atoms with Crippen LogP contribution in [0.5, 0.6) is 0 Å². The van der Waals surface area contributed by atoms with Crippen molar-refractivity contribution in [3.05, 3.63) is 70.6 Å². The fourth-order valence-corrected chi connectivity index (χ4v) is 4.89. The summed E-state index contributed by atoms with van der Waals surface area (Å²) < 4.78 is 28.6. The van der Waals surface area contributed by atoms with Gasteiger partial charge in [0.2, 0.25) is 11.6 Å². The molecule has 1 aromatic carbocycles. The molecule has 2 aromatic rings. The lowest BCUT2D eigenvalue weighted by Gasteiger charge is -2.40. The van der Waals surface area contributed by atoms with E-state index in [4.69, 9.17) is 12.3 Å². The van der Waals surface area contributed by atoms with E-state index < -0.39 is 21.9 Å². The first-order valence-corrected chi connectivity index (χ1v) is 10.2. The molecule has 1 aliphatic rings. The molecule has 0 saturated heterocycles. The van der Waals surface area contributed by atoms with Gasteiger partial charge < -0.3 is 11.1 Å². The molecule has 2 heterocycles. The SMILES string of the molecule is [C-]#[N+]c1ccc(/C(F)=C/c2ccc(F)c([C@]3(C)C[C@@](C)(C(=O)NC)SC(N)=N3)c2)nc1. The number of hydrogen-bond acceptors (Lipinski definition) is 5. The number of carbonyl (C=O) groups excluding carboxylic acids is 1. The average Bonchev–Trinajstić information content (AvgIpc) is 2.73. The lowest BCUT2D eigenvalue weighted by molar-refractivity contribution is -0.123. The molecule has 0 spiro atoms. The molecule has 6 nitrogen and oxygen atoms in total. The van der Waals surface area contributed by atoms with Gasteiger partial charge in [-0.1, -0.05) is 23.9 Å². The van der Waals surface area contributed by atoms with Crippen LogP contribution in [0.15, 0.2) is 41.5 Å². The van der Waals surface area contributed by atoms with Gasteiger partial charge in [-0.3, -0.25) is 14.8 Å². The van der Waals surface area contributed by atoms with Crippen molar-refractivity contribution in [3.8, 4) is 0 Å². The number of amides is 1. The van der Waals surface area contributed by atoms with Crippen molar-refractivity contribution in [1.82, 2.24) is 10.3 Å². The number of benzene rings is 1. The van der Waals surface area contributed by atoms with Crippen molar-refractivity contribution in [2.24, 2.45) is 10.7 Å². The Labute approximate surface area is 183 Å². The third-order valence-corrected chi connectivity index (χ3v) is 6.14. The van der Waals surface area contributed by atoms with Gasteiger partial charge in [-0.2, -0.15) is 0 Å². The van der Waals surface area contributed by atoms with Gasteiger partial charge in [-0.15, -0.1) is 0 Å². The maximum absolute atomic E-state index is 14.8. The first-order chi connectivity index (χ1) is 14.6. The van der Waals surface area contributed by atoms with E-state index in [0.29, 0.717) is 11.3 Å². The Morgan fingerprint density at radius 2 is 2.10 bits per heavy atom. The predicted octanol–water partition coefficient (Wildman–Crippen LogP) is 4.41. The number of nitrogens with zero attached hydrogens (tertiary/aromatic N) is 3. The maximum Gasteiger partial charge on any atom is 0.236 e. The minimum absolute atomic E-state index is 0.0630. The van der Waals surface area contributed by atoms with Crippen LogP contribution < -0.4 is 11.1 Å². The van der Waals surface area contributed by atoms with Crippen LogP contribution >= 0.6 is 11.8 Å². The Bertz CT molecular complexity index is 1130. The highest BCUT2D eigenvalue weighted by molar-refractivity contribution is 8.15. The fraction of sp³-hybridized carbons (Fsp3) is 0.273. The zero-order valence-electron chi connectivity index (χ0n) is 17.2. The fourth-order valence-electron chi connectivity index (χ4n) is 3.63. The van der Waals surface area contributed by atoms with E-state index in [0.717, 1.165) is 11.8 Å². The van der Waals surface area contributed by atoms with E-state index in [1.165, 1.54) is 49.7 Å². The smallest absolute Gasteiger partial charge is 0.236 e. The summed E-state index contributed by atoms with van der Waals surface area (Å²) in [5, 5.41) is 2.79. The Morgan fingerprint density at radius 3 is 2.71 bits per heavy atom. The molecule has 0 saturated carbocycles. The zero-order chi connectivity index (χ0) is 22.8. The number of nitrogens with two attached hydrogens (primary N) is 1. The summed E-state index contributed by atoms with van der Waals surface area (Å²) in [5.41, 5.74) is 5.86. The van der Waals surface area contributed by atoms with Crippen LogP contribution in [0.25, 0.3) is 16.7 Å². The van der Waals surface area contributed by atoms with Gasteiger partial charge in [0.1, 0.15) is 16.4 Å². The number of amidine groups is 1. The summed E-state index contributed by atoms with van der Waals surface area (Å²) in [6, 6.07) is 7.05. The van der Waals surface area contributed by atoms with Gasteiger partial charge in [-0.25, -0.2) is 13.6 Å². The molecule has 0 unspecified atom stereocenters. The molecular weight excluding hydrogens is 420 g/mol. The second-order valence-electron chi connectivity index (χ2n) is 7.56. The number of halogens is 2. The van der Waals surface area contributed by atoms with E-state index in [-0.39, 0.29) is 28.8 Å². The van der Waals surface area contributed by atoms with Crippen LogP contribution in [0, 0.1) is 12.4 Å². The molecule has 1 aliphatic heterocycles. The quantitative estimate of drug-likeness (QED) is 0.689. The molecule has 3 N–H and O–H groups in total. The molecule has 0 fully saturated rings. The largest absolute Gasteiger partial charge is 0.378 e. The van der Waals surface area contributed by atoms with Crippen LogP contribution in [-0.2, 0) is 10.3 Å². The number of carbonyl (C=O) groups is 1. The minimum Gasteiger partial charge on any atom is -0.378 e. The number of rotatable bonds is 4. The van der Waals surface area contributed by atoms with Crippen molar-refractivity contribution < 1.29 is 13.6 Å². The highest BCUT2D eigenvalue weighted by Gasteiger charge is 2.47. The predicted molar refractivity (Wildman–Crippen MR) is 120 cm³/mol.